The number of carbonyl (C=O) groups is 1. The minimum Gasteiger partial charge on any atom is -0.399 e. The molecule has 0 aliphatic heterocycles. The number of carbonyl (C=O) groups excluding carboxylic acids is 1. The quantitative estimate of drug-likeness (QED) is 0.683. The first-order valence-corrected chi connectivity index (χ1v) is 4.92. The molecule has 0 spiro atoms. The molecule has 4 N–H and O–H groups in total. The van der Waals surface area contributed by atoms with Crippen molar-refractivity contribution in [3.63, 3.8) is 0 Å². The van der Waals surface area contributed by atoms with Crippen LogP contribution < -0.4 is 16.4 Å². The number of hydrogen-bond donors (Lipinski definition) is 3. The summed E-state index contributed by atoms with van der Waals surface area (Å²) in [6.45, 7) is 0. The second kappa shape index (κ2) is 4.93. The van der Waals surface area contributed by atoms with Gasteiger partial charge in [0.1, 0.15) is 6.33 Å². The molecule has 1 aromatic carbocycles. The first-order chi connectivity index (χ1) is 8.24. The summed E-state index contributed by atoms with van der Waals surface area (Å²) in [7, 11) is 0. The first-order valence-electron chi connectivity index (χ1n) is 4.92. The van der Waals surface area contributed by atoms with Gasteiger partial charge in [0.2, 0.25) is 0 Å². The van der Waals surface area contributed by atoms with Crippen molar-refractivity contribution in [3.8, 4) is 0 Å². The van der Waals surface area contributed by atoms with Gasteiger partial charge in [-0.1, -0.05) is 0 Å². The highest BCUT2D eigenvalue weighted by atomic mass is 16.2. The van der Waals surface area contributed by atoms with Gasteiger partial charge < -0.3 is 16.4 Å². The summed E-state index contributed by atoms with van der Waals surface area (Å²) in [5.74, 6) is 0. The zero-order valence-corrected chi connectivity index (χ0v) is 8.92. The van der Waals surface area contributed by atoms with Crippen LogP contribution in [0.3, 0.4) is 0 Å². The molecule has 6 nitrogen and oxygen atoms in total. The number of nitrogens with two attached hydrogens (primary N) is 1. The minimum atomic E-state index is -0.357. The van der Waals surface area contributed by atoms with E-state index in [1.165, 1.54) is 18.7 Å². The lowest BCUT2D eigenvalue weighted by Gasteiger charge is -2.06. The molecule has 0 aliphatic carbocycles. The van der Waals surface area contributed by atoms with Gasteiger partial charge in [-0.2, -0.15) is 0 Å². The van der Waals surface area contributed by atoms with Crippen LogP contribution in [0, 0.1) is 0 Å². The largest absolute Gasteiger partial charge is 0.399 e. The van der Waals surface area contributed by atoms with Crippen LogP contribution in [0.15, 0.2) is 43.0 Å². The molecule has 0 saturated heterocycles. The molecule has 0 radical (unpaired) electrons. The number of aromatic nitrogens is 2. The van der Waals surface area contributed by atoms with E-state index in [0.717, 1.165) is 0 Å². The van der Waals surface area contributed by atoms with E-state index in [-0.39, 0.29) is 6.03 Å². The van der Waals surface area contributed by atoms with Crippen LogP contribution >= 0.6 is 0 Å². The lowest BCUT2D eigenvalue weighted by atomic mass is 10.3. The fourth-order valence-corrected chi connectivity index (χ4v) is 1.22. The third-order valence-corrected chi connectivity index (χ3v) is 1.99. The Hall–Kier alpha value is -2.63. The SMILES string of the molecule is Nc1ccc(NC(=O)Nc2cncnc2)cc1. The van der Waals surface area contributed by atoms with Gasteiger partial charge in [-0.25, -0.2) is 14.8 Å². The topological polar surface area (TPSA) is 92.9 Å². The molecule has 0 atom stereocenters. The highest BCUT2D eigenvalue weighted by molar-refractivity contribution is 5.99. The molecule has 2 aromatic rings. The number of hydrogen-bond acceptors (Lipinski definition) is 4. The van der Waals surface area contributed by atoms with Gasteiger partial charge >= 0.3 is 6.03 Å². The number of benzene rings is 1. The first kappa shape index (κ1) is 10.9. The summed E-state index contributed by atoms with van der Waals surface area (Å²) < 4.78 is 0. The zero-order chi connectivity index (χ0) is 12.1. The van der Waals surface area contributed by atoms with Crippen LogP contribution in [-0.2, 0) is 0 Å². The van der Waals surface area contributed by atoms with Crippen LogP contribution in [0.4, 0.5) is 21.9 Å². The number of urea groups is 1. The van der Waals surface area contributed by atoms with Crippen LogP contribution in [0.5, 0.6) is 0 Å². The Bertz CT molecular complexity index is 497. The summed E-state index contributed by atoms with van der Waals surface area (Å²) >= 11 is 0. The van der Waals surface area contributed by atoms with Gasteiger partial charge in [-0.3, -0.25) is 0 Å². The highest BCUT2D eigenvalue weighted by Crippen LogP contribution is 2.11. The van der Waals surface area contributed by atoms with Crippen LogP contribution in [0.2, 0.25) is 0 Å². The molecule has 6 heteroatoms. The van der Waals surface area contributed by atoms with E-state index < -0.39 is 0 Å². The van der Waals surface area contributed by atoms with Gasteiger partial charge in [0, 0.05) is 11.4 Å². The number of nitrogens with zero attached hydrogens (tertiary/aromatic N) is 2. The number of nitrogen functional groups attached to an aromatic ring is 1. The summed E-state index contributed by atoms with van der Waals surface area (Å²) in [6.07, 6.45) is 4.41. The van der Waals surface area contributed by atoms with Gasteiger partial charge in [0.25, 0.3) is 0 Å². The maximum Gasteiger partial charge on any atom is 0.323 e. The standard InChI is InChI=1S/C11H11N5O/c12-8-1-3-9(4-2-8)15-11(17)16-10-5-13-7-14-6-10/h1-7H,12H2,(H2,15,16,17). The lowest BCUT2D eigenvalue weighted by molar-refractivity contribution is 0.262. The maximum absolute atomic E-state index is 11.6. The Morgan fingerprint density at radius 3 is 2.24 bits per heavy atom. The van der Waals surface area contributed by atoms with Crippen LogP contribution in [-0.4, -0.2) is 16.0 Å². The second-order valence-electron chi connectivity index (χ2n) is 3.33. The Labute approximate surface area is 97.9 Å². The molecule has 0 unspecified atom stereocenters. The number of amides is 2. The van der Waals surface area contributed by atoms with Gasteiger partial charge in [0.15, 0.2) is 0 Å². The minimum absolute atomic E-state index is 0.357. The normalized spacial score (nSPS) is 9.65. The molecule has 0 fully saturated rings. The van der Waals surface area contributed by atoms with Crippen molar-refractivity contribution in [2.24, 2.45) is 0 Å². The molecule has 0 bridgehead atoms. The van der Waals surface area contributed by atoms with Crippen molar-refractivity contribution in [3.05, 3.63) is 43.0 Å². The second-order valence-corrected chi connectivity index (χ2v) is 3.33. The summed E-state index contributed by atoms with van der Waals surface area (Å²) in [5.41, 5.74) is 7.37. The van der Waals surface area contributed by atoms with Crippen molar-refractivity contribution in [1.29, 1.82) is 0 Å². The van der Waals surface area contributed by atoms with E-state index in [4.69, 9.17) is 5.73 Å². The molecule has 0 aliphatic rings. The number of rotatable bonds is 2. The predicted molar refractivity (Wildman–Crippen MR) is 65.5 cm³/mol. The molecule has 0 saturated carbocycles. The molecular weight excluding hydrogens is 218 g/mol. The third-order valence-electron chi connectivity index (χ3n) is 1.99. The van der Waals surface area contributed by atoms with Crippen molar-refractivity contribution in [2.45, 2.75) is 0 Å². The van der Waals surface area contributed by atoms with E-state index in [0.29, 0.717) is 17.1 Å². The van der Waals surface area contributed by atoms with Crippen LogP contribution in [0.25, 0.3) is 0 Å². The highest BCUT2D eigenvalue weighted by Gasteiger charge is 2.02. The summed E-state index contributed by atoms with van der Waals surface area (Å²) in [5, 5.41) is 5.26. The van der Waals surface area contributed by atoms with Crippen molar-refractivity contribution in [2.75, 3.05) is 16.4 Å². The molecule has 2 rings (SSSR count). The predicted octanol–water partition coefficient (Wildman–Crippen LogP) is 1.70. The molecular formula is C11H11N5O. The van der Waals surface area contributed by atoms with Crippen molar-refractivity contribution >= 4 is 23.1 Å². The van der Waals surface area contributed by atoms with Gasteiger partial charge in [-0.15, -0.1) is 0 Å². The Balaban J connectivity index is 1.96. The Morgan fingerprint density at radius 2 is 1.59 bits per heavy atom. The number of nitrogens with one attached hydrogen (secondary N) is 2. The van der Waals surface area contributed by atoms with E-state index in [1.54, 1.807) is 24.3 Å². The molecule has 86 valence electrons. The van der Waals surface area contributed by atoms with Gasteiger partial charge in [-0.05, 0) is 24.3 Å². The molecule has 17 heavy (non-hydrogen) atoms. The fourth-order valence-electron chi connectivity index (χ4n) is 1.22. The smallest absolute Gasteiger partial charge is 0.323 e. The van der Waals surface area contributed by atoms with E-state index >= 15 is 0 Å². The van der Waals surface area contributed by atoms with Crippen molar-refractivity contribution in [1.82, 2.24) is 9.97 Å². The van der Waals surface area contributed by atoms with Crippen LogP contribution in [0.1, 0.15) is 0 Å². The Morgan fingerprint density at radius 1 is 1.00 bits per heavy atom. The zero-order valence-electron chi connectivity index (χ0n) is 8.92. The average Bonchev–Trinajstić information content (AvgIpc) is 2.33. The van der Waals surface area contributed by atoms with E-state index in [9.17, 15) is 4.79 Å². The van der Waals surface area contributed by atoms with Crippen molar-refractivity contribution < 1.29 is 4.79 Å². The lowest BCUT2D eigenvalue weighted by Crippen LogP contribution is -2.19. The summed E-state index contributed by atoms with van der Waals surface area (Å²) in [4.78, 5) is 19.1. The number of anilines is 3. The maximum atomic E-state index is 11.6. The average molecular weight is 229 g/mol. The third kappa shape index (κ3) is 3.16. The summed E-state index contributed by atoms with van der Waals surface area (Å²) in [6, 6.07) is 6.50. The van der Waals surface area contributed by atoms with Gasteiger partial charge in [0.05, 0.1) is 18.1 Å². The molecule has 1 heterocycles. The molecule has 2 amide bonds. The monoisotopic (exact) mass is 229 g/mol. The van der Waals surface area contributed by atoms with E-state index in [1.807, 2.05) is 0 Å². The fraction of sp³-hybridized carbons (Fsp3) is 0. The Kier molecular flexibility index (Phi) is 3.15. The molecule has 1 aromatic heterocycles. The van der Waals surface area contributed by atoms with E-state index in [2.05, 4.69) is 20.6 Å².